The van der Waals surface area contributed by atoms with Gasteiger partial charge >= 0.3 is 5.97 Å². The molecule has 0 atom stereocenters. The molecule has 1 heterocycles. The van der Waals surface area contributed by atoms with Gasteiger partial charge in [0.2, 0.25) is 0 Å². The molecule has 0 fully saturated rings. The van der Waals surface area contributed by atoms with Crippen LogP contribution in [0.25, 0.3) is 0 Å². The van der Waals surface area contributed by atoms with Crippen molar-refractivity contribution in [3.05, 3.63) is 16.3 Å². The molecule has 0 unspecified atom stereocenters. The standard InChI is InChI=1S/C8H10N2O2S2/c1-9-8(13)10-5-3-4-14-6(5)7(11)12-2/h3-4H,1-2H3,(H2,9,10,13). The molecule has 14 heavy (non-hydrogen) atoms. The Morgan fingerprint density at radius 1 is 1.64 bits per heavy atom. The van der Waals surface area contributed by atoms with Gasteiger partial charge in [-0.2, -0.15) is 0 Å². The molecule has 4 nitrogen and oxygen atoms in total. The summed E-state index contributed by atoms with van der Waals surface area (Å²) in [6, 6.07) is 1.78. The van der Waals surface area contributed by atoms with E-state index in [0.717, 1.165) is 0 Å². The van der Waals surface area contributed by atoms with Crippen molar-refractivity contribution in [3.8, 4) is 0 Å². The molecule has 0 aromatic carbocycles. The largest absolute Gasteiger partial charge is 0.465 e. The van der Waals surface area contributed by atoms with Gasteiger partial charge < -0.3 is 15.4 Å². The average Bonchev–Trinajstić information content (AvgIpc) is 2.64. The summed E-state index contributed by atoms with van der Waals surface area (Å²) in [4.78, 5) is 11.8. The summed E-state index contributed by atoms with van der Waals surface area (Å²) in [5.41, 5.74) is 0.668. The fraction of sp³-hybridized carbons (Fsp3) is 0.250. The molecule has 1 aromatic rings. The third kappa shape index (κ3) is 2.43. The first-order valence-corrected chi connectivity index (χ1v) is 5.12. The number of thiophene rings is 1. The molecule has 6 heteroatoms. The topological polar surface area (TPSA) is 50.4 Å². The first-order chi connectivity index (χ1) is 6.69. The van der Waals surface area contributed by atoms with Crippen LogP contribution in [-0.2, 0) is 4.74 Å². The Labute approximate surface area is 91.3 Å². The maximum absolute atomic E-state index is 11.2. The van der Waals surface area contributed by atoms with Gasteiger partial charge in [-0.3, -0.25) is 0 Å². The number of thiocarbonyl (C=S) groups is 1. The van der Waals surface area contributed by atoms with Crippen molar-refractivity contribution in [2.45, 2.75) is 0 Å². The third-order valence-electron chi connectivity index (χ3n) is 1.51. The SMILES string of the molecule is CNC(=S)Nc1ccsc1C(=O)OC. The van der Waals surface area contributed by atoms with Gasteiger partial charge in [-0.15, -0.1) is 11.3 Å². The van der Waals surface area contributed by atoms with Crippen molar-refractivity contribution in [1.82, 2.24) is 5.32 Å². The van der Waals surface area contributed by atoms with E-state index in [0.29, 0.717) is 15.7 Å². The van der Waals surface area contributed by atoms with Gasteiger partial charge in [-0.25, -0.2) is 4.79 Å². The van der Waals surface area contributed by atoms with Gasteiger partial charge in [0.1, 0.15) is 4.88 Å². The lowest BCUT2D eigenvalue weighted by Gasteiger charge is -2.06. The minimum atomic E-state index is -0.360. The van der Waals surface area contributed by atoms with E-state index in [1.165, 1.54) is 18.4 Å². The van der Waals surface area contributed by atoms with Crippen molar-refractivity contribution < 1.29 is 9.53 Å². The lowest BCUT2D eigenvalue weighted by atomic mass is 10.4. The molecule has 0 bridgehead atoms. The van der Waals surface area contributed by atoms with Gasteiger partial charge in [0, 0.05) is 7.05 Å². The number of rotatable bonds is 2. The zero-order valence-corrected chi connectivity index (χ0v) is 9.42. The summed E-state index contributed by atoms with van der Waals surface area (Å²) in [6.45, 7) is 0. The van der Waals surface area contributed by atoms with E-state index in [1.807, 2.05) is 0 Å². The highest BCUT2D eigenvalue weighted by molar-refractivity contribution is 7.80. The molecule has 0 amide bonds. The predicted molar refractivity (Wildman–Crippen MR) is 60.9 cm³/mol. The number of methoxy groups -OCH3 is 1. The van der Waals surface area contributed by atoms with Crippen LogP contribution in [0.4, 0.5) is 5.69 Å². The molecule has 2 N–H and O–H groups in total. The van der Waals surface area contributed by atoms with E-state index in [-0.39, 0.29) is 5.97 Å². The number of carbonyl (C=O) groups excluding carboxylic acids is 1. The van der Waals surface area contributed by atoms with Crippen molar-refractivity contribution in [2.75, 3.05) is 19.5 Å². The number of anilines is 1. The zero-order valence-electron chi connectivity index (χ0n) is 7.79. The minimum Gasteiger partial charge on any atom is -0.465 e. The van der Waals surface area contributed by atoms with Crippen molar-refractivity contribution in [3.63, 3.8) is 0 Å². The number of nitrogens with one attached hydrogen (secondary N) is 2. The van der Waals surface area contributed by atoms with Crippen molar-refractivity contribution in [2.24, 2.45) is 0 Å². The second-order valence-corrected chi connectivity index (χ2v) is 3.68. The van der Waals surface area contributed by atoms with Crippen LogP contribution in [0.1, 0.15) is 9.67 Å². The molecule has 76 valence electrons. The molecule has 1 aromatic heterocycles. The summed E-state index contributed by atoms with van der Waals surface area (Å²) in [7, 11) is 3.06. The second kappa shape index (κ2) is 4.92. The van der Waals surface area contributed by atoms with E-state index < -0.39 is 0 Å². The Balaban J connectivity index is 2.82. The van der Waals surface area contributed by atoms with E-state index >= 15 is 0 Å². The molecule has 0 radical (unpaired) electrons. The quantitative estimate of drug-likeness (QED) is 0.595. The molecule has 0 saturated carbocycles. The van der Waals surface area contributed by atoms with Crippen LogP contribution in [0.15, 0.2) is 11.4 Å². The zero-order chi connectivity index (χ0) is 10.6. The Kier molecular flexibility index (Phi) is 3.84. The van der Waals surface area contributed by atoms with Gasteiger partial charge in [-0.1, -0.05) is 0 Å². The molecule has 0 spiro atoms. The number of carbonyl (C=O) groups is 1. The van der Waals surface area contributed by atoms with Gasteiger partial charge in [-0.05, 0) is 23.7 Å². The highest BCUT2D eigenvalue weighted by Gasteiger charge is 2.13. The first kappa shape index (κ1) is 10.9. The third-order valence-corrected chi connectivity index (χ3v) is 2.71. The highest BCUT2D eigenvalue weighted by Crippen LogP contribution is 2.22. The van der Waals surface area contributed by atoms with Crippen molar-refractivity contribution in [1.29, 1.82) is 0 Å². The summed E-state index contributed by atoms with van der Waals surface area (Å²) in [5.74, 6) is -0.360. The van der Waals surface area contributed by atoms with Crippen LogP contribution in [0.5, 0.6) is 0 Å². The molecule has 0 aliphatic heterocycles. The van der Waals surface area contributed by atoms with Crippen molar-refractivity contribution >= 4 is 40.3 Å². The van der Waals surface area contributed by atoms with Crippen LogP contribution in [0, 0.1) is 0 Å². The van der Waals surface area contributed by atoms with Crippen LogP contribution in [0.2, 0.25) is 0 Å². The van der Waals surface area contributed by atoms with E-state index in [1.54, 1.807) is 18.5 Å². The Bertz CT molecular complexity index is 349. The minimum absolute atomic E-state index is 0.360. The van der Waals surface area contributed by atoms with Crippen LogP contribution < -0.4 is 10.6 Å². The Morgan fingerprint density at radius 3 is 2.93 bits per heavy atom. The van der Waals surface area contributed by atoms with Gasteiger partial charge in [0.05, 0.1) is 12.8 Å². The normalized spacial score (nSPS) is 9.29. The number of hydrogen-bond donors (Lipinski definition) is 2. The average molecular weight is 230 g/mol. The molecule has 0 saturated heterocycles. The summed E-state index contributed by atoms with van der Waals surface area (Å²) in [6.07, 6.45) is 0. The summed E-state index contributed by atoms with van der Waals surface area (Å²) in [5, 5.41) is 7.91. The molecule has 1 rings (SSSR count). The molecular formula is C8H10N2O2S2. The smallest absolute Gasteiger partial charge is 0.350 e. The maximum atomic E-state index is 11.2. The monoisotopic (exact) mass is 230 g/mol. The Hall–Kier alpha value is -1.14. The Morgan fingerprint density at radius 2 is 2.36 bits per heavy atom. The molecule has 0 aliphatic carbocycles. The van der Waals surface area contributed by atoms with Crippen LogP contribution >= 0.6 is 23.6 Å². The van der Waals surface area contributed by atoms with Crippen LogP contribution in [0.3, 0.4) is 0 Å². The lowest BCUT2D eigenvalue weighted by molar-refractivity contribution is 0.0607. The number of ether oxygens (including phenoxy) is 1. The lowest BCUT2D eigenvalue weighted by Crippen LogP contribution is -2.24. The maximum Gasteiger partial charge on any atom is 0.350 e. The van der Waals surface area contributed by atoms with Gasteiger partial charge in [0.25, 0.3) is 0 Å². The fourth-order valence-electron chi connectivity index (χ4n) is 0.843. The van der Waals surface area contributed by atoms with E-state index in [9.17, 15) is 4.79 Å². The molecular weight excluding hydrogens is 220 g/mol. The number of hydrogen-bond acceptors (Lipinski definition) is 4. The van der Waals surface area contributed by atoms with E-state index in [2.05, 4.69) is 15.4 Å². The summed E-state index contributed by atoms with van der Waals surface area (Å²) < 4.78 is 4.62. The van der Waals surface area contributed by atoms with Gasteiger partial charge in [0.15, 0.2) is 5.11 Å². The highest BCUT2D eigenvalue weighted by atomic mass is 32.1. The fourth-order valence-corrected chi connectivity index (χ4v) is 1.72. The number of esters is 1. The molecule has 0 aliphatic rings. The first-order valence-electron chi connectivity index (χ1n) is 3.83. The summed E-state index contributed by atoms with van der Waals surface area (Å²) >= 11 is 6.23. The second-order valence-electron chi connectivity index (χ2n) is 2.36. The van der Waals surface area contributed by atoms with E-state index in [4.69, 9.17) is 12.2 Å². The predicted octanol–water partition coefficient (Wildman–Crippen LogP) is 1.45. The van der Waals surface area contributed by atoms with Crippen LogP contribution in [-0.4, -0.2) is 25.2 Å².